The van der Waals surface area contributed by atoms with Gasteiger partial charge < -0.3 is 20.6 Å². The van der Waals surface area contributed by atoms with Crippen molar-refractivity contribution in [3.63, 3.8) is 0 Å². The Morgan fingerprint density at radius 1 is 1.50 bits per heavy atom. The van der Waals surface area contributed by atoms with Crippen LogP contribution in [0.3, 0.4) is 0 Å². The molecule has 0 aliphatic carbocycles. The molecule has 24 heavy (non-hydrogen) atoms. The molecule has 0 fully saturated rings. The second-order valence-electron chi connectivity index (χ2n) is 5.77. The highest BCUT2D eigenvalue weighted by Gasteiger charge is 2.17. The molecule has 0 radical (unpaired) electrons. The minimum absolute atomic E-state index is 0.184. The van der Waals surface area contributed by atoms with E-state index in [9.17, 15) is 9.90 Å². The van der Waals surface area contributed by atoms with E-state index in [0.29, 0.717) is 24.0 Å². The maximum Gasteiger partial charge on any atom is 0.265 e. The highest BCUT2D eigenvalue weighted by molar-refractivity contribution is 7.96. The van der Waals surface area contributed by atoms with Crippen LogP contribution in [-0.4, -0.2) is 51.9 Å². The van der Waals surface area contributed by atoms with Gasteiger partial charge in [0, 0.05) is 23.5 Å². The molecule has 0 bridgehead atoms. The number of benzene rings is 1. The van der Waals surface area contributed by atoms with E-state index in [1.165, 1.54) is 0 Å². The van der Waals surface area contributed by atoms with Crippen molar-refractivity contribution in [2.24, 2.45) is 5.73 Å². The number of ether oxygens (including phenoxy) is 1. The van der Waals surface area contributed by atoms with Crippen LogP contribution in [0.15, 0.2) is 24.3 Å². The second-order valence-corrected chi connectivity index (χ2v) is 6.60. The molecular weight excluding hydrogens is 326 g/mol. The zero-order valence-electron chi connectivity index (χ0n) is 14.3. The minimum Gasteiger partial charge on any atom is -0.490 e. The fourth-order valence-corrected chi connectivity index (χ4v) is 3.30. The van der Waals surface area contributed by atoms with E-state index in [4.69, 9.17) is 10.5 Å². The van der Waals surface area contributed by atoms with Gasteiger partial charge in [-0.3, -0.25) is 4.79 Å². The summed E-state index contributed by atoms with van der Waals surface area (Å²) in [4.78, 5) is 14.3. The van der Waals surface area contributed by atoms with Gasteiger partial charge in [0.25, 0.3) is 5.91 Å². The third kappa shape index (κ3) is 4.43. The SMILES string of the molecule is CCC(C)N(CC(O)COc1cccc2[nH]c(C(N)=O)cc12)SC. The number of fused-ring (bicyclic) bond motifs is 1. The number of hydrogen-bond donors (Lipinski definition) is 3. The number of aliphatic hydroxyl groups excluding tert-OH is 1. The smallest absolute Gasteiger partial charge is 0.265 e. The second kappa shape index (κ2) is 8.41. The van der Waals surface area contributed by atoms with Crippen LogP contribution in [0.4, 0.5) is 0 Å². The zero-order valence-corrected chi connectivity index (χ0v) is 15.1. The van der Waals surface area contributed by atoms with Gasteiger partial charge in [-0.2, -0.15) is 0 Å². The van der Waals surface area contributed by atoms with Gasteiger partial charge in [-0.25, -0.2) is 4.31 Å². The van der Waals surface area contributed by atoms with Crippen molar-refractivity contribution >= 4 is 28.8 Å². The fourth-order valence-electron chi connectivity index (χ4n) is 2.47. The summed E-state index contributed by atoms with van der Waals surface area (Å²) in [7, 11) is 0. The van der Waals surface area contributed by atoms with Crippen LogP contribution in [0, 0.1) is 0 Å². The normalized spacial score (nSPS) is 14.0. The summed E-state index contributed by atoms with van der Waals surface area (Å²) >= 11 is 1.62. The highest BCUT2D eigenvalue weighted by atomic mass is 32.2. The van der Waals surface area contributed by atoms with E-state index in [-0.39, 0.29) is 6.61 Å². The summed E-state index contributed by atoms with van der Waals surface area (Å²) in [5, 5.41) is 11.0. The number of carbonyl (C=O) groups excluding carboxylic acids is 1. The highest BCUT2D eigenvalue weighted by Crippen LogP contribution is 2.26. The lowest BCUT2D eigenvalue weighted by Crippen LogP contribution is -2.36. The van der Waals surface area contributed by atoms with Crippen molar-refractivity contribution in [3.05, 3.63) is 30.0 Å². The van der Waals surface area contributed by atoms with Crippen LogP contribution in [-0.2, 0) is 0 Å². The molecule has 1 aromatic carbocycles. The van der Waals surface area contributed by atoms with E-state index in [1.54, 1.807) is 18.0 Å². The van der Waals surface area contributed by atoms with Crippen molar-refractivity contribution in [2.45, 2.75) is 32.4 Å². The molecule has 2 aromatic rings. The number of nitrogens with zero attached hydrogens (tertiary/aromatic N) is 1. The molecule has 2 unspecified atom stereocenters. The van der Waals surface area contributed by atoms with Crippen LogP contribution >= 0.6 is 11.9 Å². The van der Waals surface area contributed by atoms with Gasteiger partial charge in [0.2, 0.25) is 0 Å². The number of aromatic amines is 1. The summed E-state index contributed by atoms with van der Waals surface area (Å²) in [5.41, 5.74) is 6.42. The summed E-state index contributed by atoms with van der Waals surface area (Å²) in [5.74, 6) is 0.107. The first-order valence-electron chi connectivity index (χ1n) is 7.99. The van der Waals surface area contributed by atoms with Crippen LogP contribution in [0.25, 0.3) is 10.9 Å². The molecule has 1 amide bonds. The lowest BCUT2D eigenvalue weighted by Gasteiger charge is -2.27. The lowest BCUT2D eigenvalue weighted by molar-refractivity contribution is 0.0859. The molecule has 0 saturated carbocycles. The van der Waals surface area contributed by atoms with E-state index in [1.807, 2.05) is 24.5 Å². The number of carbonyl (C=O) groups is 1. The Labute approximate surface area is 146 Å². The summed E-state index contributed by atoms with van der Waals surface area (Å²) < 4.78 is 7.92. The van der Waals surface area contributed by atoms with Crippen LogP contribution in [0.1, 0.15) is 30.8 Å². The van der Waals surface area contributed by atoms with Crippen molar-refractivity contribution in [2.75, 3.05) is 19.4 Å². The molecule has 0 aliphatic rings. The summed E-state index contributed by atoms with van der Waals surface area (Å²) in [6.45, 7) is 4.98. The van der Waals surface area contributed by atoms with Gasteiger partial charge >= 0.3 is 0 Å². The van der Waals surface area contributed by atoms with Crippen LogP contribution in [0.2, 0.25) is 0 Å². The predicted octanol–water partition coefficient (Wildman–Crippen LogP) is 2.39. The van der Waals surface area contributed by atoms with Crippen molar-refractivity contribution in [3.8, 4) is 5.75 Å². The summed E-state index contributed by atoms with van der Waals surface area (Å²) in [6, 6.07) is 7.56. The van der Waals surface area contributed by atoms with Crippen LogP contribution < -0.4 is 10.5 Å². The molecule has 132 valence electrons. The Hall–Kier alpha value is -1.70. The van der Waals surface area contributed by atoms with Gasteiger partial charge in [0.1, 0.15) is 24.2 Å². The van der Waals surface area contributed by atoms with Gasteiger partial charge in [-0.15, -0.1) is 0 Å². The predicted molar refractivity (Wildman–Crippen MR) is 98.3 cm³/mol. The first-order valence-corrected chi connectivity index (χ1v) is 9.17. The topological polar surface area (TPSA) is 91.6 Å². The molecule has 0 spiro atoms. The van der Waals surface area contributed by atoms with Crippen LogP contribution in [0.5, 0.6) is 5.75 Å². The number of nitrogens with two attached hydrogens (primary N) is 1. The molecule has 7 heteroatoms. The van der Waals surface area contributed by atoms with Gasteiger partial charge in [-0.05, 0) is 37.8 Å². The Morgan fingerprint density at radius 3 is 2.88 bits per heavy atom. The first-order chi connectivity index (χ1) is 11.5. The average Bonchev–Trinajstić information content (AvgIpc) is 3.02. The number of H-pyrrole nitrogens is 1. The molecule has 1 heterocycles. The molecule has 4 N–H and O–H groups in total. The van der Waals surface area contributed by atoms with E-state index >= 15 is 0 Å². The number of rotatable bonds is 9. The van der Waals surface area contributed by atoms with Gasteiger partial charge in [-0.1, -0.05) is 24.9 Å². The van der Waals surface area contributed by atoms with E-state index in [0.717, 1.165) is 17.3 Å². The maximum absolute atomic E-state index is 11.3. The first kappa shape index (κ1) is 18.6. The number of primary amides is 1. The molecule has 0 saturated heterocycles. The molecule has 0 aliphatic heterocycles. The number of amides is 1. The zero-order chi connectivity index (χ0) is 17.7. The third-order valence-corrected chi connectivity index (χ3v) is 5.01. The number of nitrogens with one attached hydrogen (secondary N) is 1. The largest absolute Gasteiger partial charge is 0.490 e. The molecule has 2 atom stereocenters. The van der Waals surface area contributed by atoms with Crippen molar-refractivity contribution < 1.29 is 14.6 Å². The van der Waals surface area contributed by atoms with E-state index < -0.39 is 12.0 Å². The quantitative estimate of drug-likeness (QED) is 0.603. The molecule has 2 rings (SSSR count). The van der Waals surface area contributed by atoms with E-state index in [2.05, 4.69) is 23.1 Å². The standard InChI is InChI=1S/C17H25N3O3S/c1-4-11(2)20(24-3)9-12(21)10-23-16-7-5-6-14-13(16)8-15(19-14)17(18)22/h5-8,11-12,19,21H,4,9-10H2,1-3H3,(H2,18,22). The molecule has 1 aromatic heterocycles. The average molecular weight is 351 g/mol. The minimum atomic E-state index is -0.601. The lowest BCUT2D eigenvalue weighted by atomic mass is 10.2. The Bertz CT molecular complexity index is 689. The van der Waals surface area contributed by atoms with Crippen molar-refractivity contribution in [1.29, 1.82) is 0 Å². The van der Waals surface area contributed by atoms with Crippen molar-refractivity contribution in [1.82, 2.24) is 9.29 Å². The maximum atomic E-state index is 11.3. The number of hydrogen-bond acceptors (Lipinski definition) is 5. The monoisotopic (exact) mass is 351 g/mol. The molecular formula is C17H25N3O3S. The van der Waals surface area contributed by atoms with Gasteiger partial charge in [0.05, 0.1) is 0 Å². The molecule has 6 nitrogen and oxygen atoms in total. The Balaban J connectivity index is 2.03. The van der Waals surface area contributed by atoms with Gasteiger partial charge in [0.15, 0.2) is 0 Å². The fraction of sp³-hybridized carbons (Fsp3) is 0.471. The number of aliphatic hydroxyl groups is 1. The summed E-state index contributed by atoms with van der Waals surface area (Å²) in [6.07, 6.45) is 2.43. The Kier molecular flexibility index (Phi) is 6.53. The Morgan fingerprint density at radius 2 is 2.25 bits per heavy atom. The number of aromatic nitrogens is 1. The third-order valence-electron chi connectivity index (χ3n) is 4.03.